The molecule has 1 atom stereocenters. The lowest BCUT2D eigenvalue weighted by atomic mass is 10.3. The van der Waals surface area contributed by atoms with E-state index in [4.69, 9.17) is 4.74 Å². The Labute approximate surface area is 68.8 Å². The van der Waals surface area contributed by atoms with Crippen molar-refractivity contribution in [2.45, 2.75) is 32.8 Å². The monoisotopic (exact) mass is 152 g/mol. The first-order valence-electron chi connectivity index (χ1n) is 4.20. The van der Waals surface area contributed by atoms with Gasteiger partial charge in [-0.15, -0.1) is 0 Å². The van der Waals surface area contributed by atoms with E-state index in [1.165, 1.54) is 12.0 Å². The minimum atomic E-state index is 0.380. The van der Waals surface area contributed by atoms with Crippen LogP contribution in [0.25, 0.3) is 0 Å². The molecule has 0 amide bonds. The van der Waals surface area contributed by atoms with Crippen molar-refractivity contribution in [1.29, 1.82) is 0 Å². The van der Waals surface area contributed by atoms with Gasteiger partial charge in [0, 0.05) is 0 Å². The quantitative estimate of drug-likeness (QED) is 0.565. The van der Waals surface area contributed by atoms with Gasteiger partial charge in [-0.05, 0) is 26.7 Å². The molecule has 1 heteroatoms. The first-order chi connectivity index (χ1) is 5.29. The smallest absolute Gasteiger partial charge is 0.0763 e. The van der Waals surface area contributed by atoms with E-state index in [0.717, 1.165) is 13.0 Å². The summed E-state index contributed by atoms with van der Waals surface area (Å²) in [7, 11) is 0. The minimum absolute atomic E-state index is 0.380. The normalized spacial score (nSPS) is 22.2. The molecule has 1 aliphatic rings. The van der Waals surface area contributed by atoms with Crippen LogP contribution in [0.2, 0.25) is 0 Å². The molecular formula is C10H16O. The number of allylic oxidation sites excluding steroid dienone is 2. The van der Waals surface area contributed by atoms with Crippen LogP contribution in [0.15, 0.2) is 23.8 Å². The SMILES string of the molecule is CC(C)=CCOC1C=CCC1. The summed E-state index contributed by atoms with van der Waals surface area (Å²) in [5.74, 6) is 0. The third-order valence-corrected chi connectivity index (χ3v) is 1.77. The number of ether oxygens (including phenoxy) is 1. The topological polar surface area (TPSA) is 9.23 Å². The number of rotatable bonds is 3. The zero-order valence-corrected chi connectivity index (χ0v) is 7.34. The molecule has 0 aliphatic heterocycles. The molecule has 0 aromatic carbocycles. The maximum atomic E-state index is 5.55. The van der Waals surface area contributed by atoms with Crippen molar-refractivity contribution < 1.29 is 4.74 Å². The molecule has 0 fully saturated rings. The molecule has 0 spiro atoms. The van der Waals surface area contributed by atoms with Crippen LogP contribution in [0.5, 0.6) is 0 Å². The van der Waals surface area contributed by atoms with E-state index in [1.807, 2.05) is 0 Å². The zero-order valence-electron chi connectivity index (χ0n) is 7.34. The second-order valence-electron chi connectivity index (χ2n) is 3.16. The Bertz CT molecular complexity index is 164. The summed E-state index contributed by atoms with van der Waals surface area (Å²) in [5.41, 5.74) is 1.33. The van der Waals surface area contributed by atoms with E-state index in [0.29, 0.717) is 6.10 Å². The van der Waals surface area contributed by atoms with Gasteiger partial charge in [-0.1, -0.05) is 23.8 Å². The summed E-state index contributed by atoms with van der Waals surface area (Å²) in [6.45, 7) is 4.94. The predicted molar refractivity (Wildman–Crippen MR) is 47.5 cm³/mol. The minimum Gasteiger partial charge on any atom is -0.370 e. The fourth-order valence-corrected chi connectivity index (χ4v) is 1.08. The van der Waals surface area contributed by atoms with E-state index in [-0.39, 0.29) is 0 Å². The van der Waals surface area contributed by atoms with Gasteiger partial charge in [0.15, 0.2) is 0 Å². The highest BCUT2D eigenvalue weighted by molar-refractivity contribution is 4.99. The van der Waals surface area contributed by atoms with E-state index in [2.05, 4.69) is 32.1 Å². The van der Waals surface area contributed by atoms with E-state index >= 15 is 0 Å². The molecule has 0 bridgehead atoms. The molecule has 1 nitrogen and oxygen atoms in total. The highest BCUT2D eigenvalue weighted by Gasteiger charge is 2.07. The molecule has 0 radical (unpaired) electrons. The average Bonchev–Trinajstić information content (AvgIpc) is 2.39. The molecule has 0 saturated carbocycles. The molecule has 62 valence electrons. The van der Waals surface area contributed by atoms with E-state index < -0.39 is 0 Å². The molecule has 11 heavy (non-hydrogen) atoms. The summed E-state index contributed by atoms with van der Waals surface area (Å²) in [6.07, 6.45) is 9.18. The molecule has 0 aromatic heterocycles. The maximum Gasteiger partial charge on any atom is 0.0763 e. The number of hydrogen-bond donors (Lipinski definition) is 0. The lowest BCUT2D eigenvalue weighted by Crippen LogP contribution is -2.05. The summed E-state index contributed by atoms with van der Waals surface area (Å²) in [5, 5.41) is 0. The standard InChI is InChI=1S/C10H16O/c1-9(2)7-8-11-10-5-3-4-6-10/h3,5,7,10H,4,6,8H2,1-2H3. The number of hydrogen-bond acceptors (Lipinski definition) is 1. The Hall–Kier alpha value is -0.560. The Morgan fingerprint density at radius 3 is 3.00 bits per heavy atom. The van der Waals surface area contributed by atoms with Crippen LogP contribution in [-0.4, -0.2) is 12.7 Å². The second-order valence-corrected chi connectivity index (χ2v) is 3.16. The Morgan fingerprint density at radius 2 is 2.45 bits per heavy atom. The lowest BCUT2D eigenvalue weighted by molar-refractivity contribution is 0.109. The summed E-state index contributed by atoms with van der Waals surface area (Å²) >= 11 is 0. The summed E-state index contributed by atoms with van der Waals surface area (Å²) < 4.78 is 5.55. The van der Waals surface area contributed by atoms with Gasteiger partial charge in [0.2, 0.25) is 0 Å². The fraction of sp³-hybridized carbons (Fsp3) is 0.600. The van der Waals surface area contributed by atoms with Gasteiger partial charge in [0.1, 0.15) is 0 Å². The van der Waals surface area contributed by atoms with Gasteiger partial charge in [-0.3, -0.25) is 0 Å². The average molecular weight is 152 g/mol. The first kappa shape index (κ1) is 8.54. The molecule has 1 rings (SSSR count). The van der Waals surface area contributed by atoms with Crippen LogP contribution in [0.4, 0.5) is 0 Å². The van der Waals surface area contributed by atoms with Gasteiger partial charge in [0.05, 0.1) is 12.7 Å². The largest absolute Gasteiger partial charge is 0.370 e. The molecule has 0 N–H and O–H groups in total. The highest BCUT2D eigenvalue weighted by atomic mass is 16.5. The van der Waals surface area contributed by atoms with Crippen LogP contribution in [0.1, 0.15) is 26.7 Å². The van der Waals surface area contributed by atoms with Crippen molar-refractivity contribution in [3.8, 4) is 0 Å². The Morgan fingerprint density at radius 1 is 1.64 bits per heavy atom. The van der Waals surface area contributed by atoms with Crippen LogP contribution in [0, 0.1) is 0 Å². The van der Waals surface area contributed by atoms with E-state index in [1.54, 1.807) is 0 Å². The Kier molecular flexibility index (Phi) is 3.37. The van der Waals surface area contributed by atoms with Crippen molar-refractivity contribution in [3.05, 3.63) is 23.8 Å². The van der Waals surface area contributed by atoms with Crippen molar-refractivity contribution >= 4 is 0 Å². The third kappa shape index (κ3) is 3.38. The molecule has 0 aromatic rings. The molecule has 0 saturated heterocycles. The third-order valence-electron chi connectivity index (χ3n) is 1.77. The van der Waals surface area contributed by atoms with Gasteiger partial charge in [0.25, 0.3) is 0 Å². The molecular weight excluding hydrogens is 136 g/mol. The molecule has 0 heterocycles. The van der Waals surface area contributed by atoms with Crippen LogP contribution >= 0.6 is 0 Å². The van der Waals surface area contributed by atoms with Crippen molar-refractivity contribution in [2.75, 3.05) is 6.61 Å². The Balaban J connectivity index is 2.12. The molecule has 1 unspecified atom stereocenters. The van der Waals surface area contributed by atoms with Crippen molar-refractivity contribution in [2.24, 2.45) is 0 Å². The molecule has 1 aliphatic carbocycles. The second kappa shape index (κ2) is 4.35. The lowest BCUT2D eigenvalue weighted by Gasteiger charge is -2.06. The maximum absolute atomic E-state index is 5.55. The van der Waals surface area contributed by atoms with Crippen molar-refractivity contribution in [1.82, 2.24) is 0 Å². The van der Waals surface area contributed by atoms with Crippen LogP contribution < -0.4 is 0 Å². The van der Waals surface area contributed by atoms with Gasteiger partial charge in [-0.25, -0.2) is 0 Å². The zero-order chi connectivity index (χ0) is 8.10. The van der Waals surface area contributed by atoms with Crippen LogP contribution in [-0.2, 0) is 4.74 Å². The predicted octanol–water partition coefficient (Wildman–Crippen LogP) is 2.69. The van der Waals surface area contributed by atoms with Gasteiger partial charge >= 0.3 is 0 Å². The summed E-state index contributed by atoms with van der Waals surface area (Å²) in [4.78, 5) is 0. The summed E-state index contributed by atoms with van der Waals surface area (Å²) in [6, 6.07) is 0. The van der Waals surface area contributed by atoms with Crippen molar-refractivity contribution in [3.63, 3.8) is 0 Å². The van der Waals surface area contributed by atoms with Crippen LogP contribution in [0.3, 0.4) is 0 Å². The fourth-order valence-electron chi connectivity index (χ4n) is 1.08. The van der Waals surface area contributed by atoms with Gasteiger partial charge in [-0.2, -0.15) is 0 Å². The van der Waals surface area contributed by atoms with E-state index in [9.17, 15) is 0 Å². The first-order valence-corrected chi connectivity index (χ1v) is 4.20. The van der Waals surface area contributed by atoms with Gasteiger partial charge < -0.3 is 4.74 Å². The highest BCUT2D eigenvalue weighted by Crippen LogP contribution is 2.12.